The summed E-state index contributed by atoms with van der Waals surface area (Å²) in [6.07, 6.45) is 7.35. The molecule has 2 rings (SSSR count). The SMILES string of the molecule is CC(C)c1cnc(-c2nccn2C)nc1. The van der Waals surface area contributed by atoms with Crippen LogP contribution in [0.15, 0.2) is 24.8 Å². The van der Waals surface area contributed by atoms with Crippen molar-refractivity contribution in [1.82, 2.24) is 19.5 Å². The summed E-state index contributed by atoms with van der Waals surface area (Å²) in [6, 6.07) is 0. The third-order valence-electron chi connectivity index (χ3n) is 2.36. The number of aryl methyl sites for hydroxylation is 1. The van der Waals surface area contributed by atoms with Crippen LogP contribution < -0.4 is 0 Å². The molecule has 0 spiro atoms. The molecule has 0 bridgehead atoms. The standard InChI is InChI=1S/C11H14N4/c1-8(2)9-6-13-10(14-7-9)11-12-4-5-15(11)3/h4-8H,1-3H3. The van der Waals surface area contributed by atoms with Crippen molar-refractivity contribution in [2.75, 3.05) is 0 Å². The van der Waals surface area contributed by atoms with Gasteiger partial charge in [-0.05, 0) is 11.5 Å². The smallest absolute Gasteiger partial charge is 0.195 e. The highest BCUT2D eigenvalue weighted by Crippen LogP contribution is 2.15. The topological polar surface area (TPSA) is 43.6 Å². The highest BCUT2D eigenvalue weighted by atomic mass is 15.1. The van der Waals surface area contributed by atoms with E-state index in [1.807, 2.05) is 30.2 Å². The summed E-state index contributed by atoms with van der Waals surface area (Å²) in [4.78, 5) is 12.8. The van der Waals surface area contributed by atoms with Gasteiger partial charge in [0.2, 0.25) is 0 Å². The maximum absolute atomic E-state index is 4.31. The molecule has 2 aromatic rings. The first-order chi connectivity index (χ1) is 7.18. The lowest BCUT2D eigenvalue weighted by Gasteiger charge is -2.04. The van der Waals surface area contributed by atoms with Gasteiger partial charge in [-0.2, -0.15) is 0 Å². The van der Waals surface area contributed by atoms with Crippen LogP contribution in [-0.2, 0) is 7.05 Å². The van der Waals surface area contributed by atoms with E-state index >= 15 is 0 Å². The Kier molecular flexibility index (Phi) is 2.49. The number of nitrogens with zero attached hydrogens (tertiary/aromatic N) is 4. The predicted molar refractivity (Wildman–Crippen MR) is 58.3 cm³/mol. The minimum atomic E-state index is 0.459. The molecule has 0 aliphatic rings. The number of hydrogen-bond acceptors (Lipinski definition) is 3. The average molecular weight is 202 g/mol. The Morgan fingerprint density at radius 3 is 2.27 bits per heavy atom. The molecule has 0 aromatic carbocycles. The summed E-state index contributed by atoms with van der Waals surface area (Å²) in [7, 11) is 1.93. The molecule has 2 aromatic heterocycles. The van der Waals surface area contributed by atoms with E-state index in [4.69, 9.17) is 0 Å². The zero-order valence-corrected chi connectivity index (χ0v) is 9.18. The zero-order valence-electron chi connectivity index (χ0n) is 9.18. The van der Waals surface area contributed by atoms with E-state index in [1.54, 1.807) is 6.20 Å². The first-order valence-electron chi connectivity index (χ1n) is 4.98. The highest BCUT2D eigenvalue weighted by Gasteiger charge is 2.07. The van der Waals surface area contributed by atoms with Gasteiger partial charge in [0.1, 0.15) is 0 Å². The van der Waals surface area contributed by atoms with Crippen LogP contribution in [0.1, 0.15) is 25.3 Å². The van der Waals surface area contributed by atoms with Gasteiger partial charge in [-0.3, -0.25) is 0 Å². The lowest BCUT2D eigenvalue weighted by atomic mass is 10.1. The second-order valence-corrected chi connectivity index (χ2v) is 3.86. The number of aromatic nitrogens is 4. The fourth-order valence-corrected chi connectivity index (χ4v) is 1.33. The van der Waals surface area contributed by atoms with Gasteiger partial charge in [0.25, 0.3) is 0 Å². The van der Waals surface area contributed by atoms with Crippen LogP contribution in [0.5, 0.6) is 0 Å². The normalized spacial score (nSPS) is 10.9. The minimum Gasteiger partial charge on any atom is -0.331 e. The molecular formula is C11H14N4. The number of hydrogen-bond donors (Lipinski definition) is 0. The summed E-state index contributed by atoms with van der Waals surface area (Å²) in [5.74, 6) is 1.93. The van der Waals surface area contributed by atoms with Gasteiger partial charge in [-0.1, -0.05) is 13.8 Å². The summed E-state index contributed by atoms with van der Waals surface area (Å²) in [5, 5.41) is 0. The highest BCUT2D eigenvalue weighted by molar-refractivity contribution is 5.43. The van der Waals surface area contributed by atoms with Crippen molar-refractivity contribution < 1.29 is 0 Å². The van der Waals surface area contributed by atoms with E-state index in [-0.39, 0.29) is 0 Å². The van der Waals surface area contributed by atoms with Crippen molar-refractivity contribution in [3.8, 4) is 11.6 Å². The van der Waals surface area contributed by atoms with E-state index in [2.05, 4.69) is 28.8 Å². The molecule has 2 heterocycles. The second kappa shape index (κ2) is 3.81. The molecular weight excluding hydrogens is 188 g/mol. The van der Waals surface area contributed by atoms with Gasteiger partial charge >= 0.3 is 0 Å². The van der Waals surface area contributed by atoms with Crippen molar-refractivity contribution in [2.45, 2.75) is 19.8 Å². The van der Waals surface area contributed by atoms with Crippen LogP contribution in [0.25, 0.3) is 11.6 Å². The molecule has 0 aliphatic carbocycles. The molecule has 15 heavy (non-hydrogen) atoms. The Morgan fingerprint density at radius 1 is 1.13 bits per heavy atom. The van der Waals surface area contributed by atoms with Crippen molar-refractivity contribution in [3.05, 3.63) is 30.4 Å². The average Bonchev–Trinajstić information content (AvgIpc) is 2.65. The third kappa shape index (κ3) is 1.88. The quantitative estimate of drug-likeness (QED) is 0.748. The molecule has 0 fully saturated rings. The summed E-state index contributed by atoms with van der Waals surface area (Å²) >= 11 is 0. The Morgan fingerprint density at radius 2 is 1.80 bits per heavy atom. The van der Waals surface area contributed by atoms with E-state index in [0.717, 1.165) is 11.4 Å². The van der Waals surface area contributed by atoms with Crippen molar-refractivity contribution in [1.29, 1.82) is 0 Å². The van der Waals surface area contributed by atoms with Gasteiger partial charge in [0.05, 0.1) is 0 Å². The lowest BCUT2D eigenvalue weighted by Crippen LogP contribution is -1.98. The Bertz CT molecular complexity index is 442. The van der Waals surface area contributed by atoms with Crippen LogP contribution in [0.2, 0.25) is 0 Å². The van der Waals surface area contributed by atoms with E-state index < -0.39 is 0 Å². The maximum atomic E-state index is 4.31. The fraction of sp³-hybridized carbons (Fsp3) is 0.364. The van der Waals surface area contributed by atoms with E-state index in [1.165, 1.54) is 0 Å². The number of rotatable bonds is 2. The molecule has 0 atom stereocenters. The molecule has 4 nitrogen and oxygen atoms in total. The van der Waals surface area contributed by atoms with Crippen molar-refractivity contribution in [2.24, 2.45) is 7.05 Å². The van der Waals surface area contributed by atoms with Crippen molar-refractivity contribution >= 4 is 0 Å². The molecule has 0 saturated carbocycles. The predicted octanol–water partition coefficient (Wildman–Crippen LogP) is 2.00. The monoisotopic (exact) mass is 202 g/mol. The molecule has 78 valence electrons. The molecule has 0 unspecified atom stereocenters. The van der Waals surface area contributed by atoms with Gasteiger partial charge < -0.3 is 4.57 Å². The van der Waals surface area contributed by atoms with Crippen LogP contribution in [0.4, 0.5) is 0 Å². The van der Waals surface area contributed by atoms with Crippen LogP contribution in [0.3, 0.4) is 0 Å². The van der Waals surface area contributed by atoms with Crippen molar-refractivity contribution in [3.63, 3.8) is 0 Å². The first kappa shape index (κ1) is 9.83. The van der Waals surface area contributed by atoms with Crippen LogP contribution in [-0.4, -0.2) is 19.5 Å². The van der Waals surface area contributed by atoms with Gasteiger partial charge in [0.15, 0.2) is 11.6 Å². The third-order valence-corrected chi connectivity index (χ3v) is 2.36. The summed E-state index contributed by atoms with van der Waals surface area (Å²) in [6.45, 7) is 4.25. The van der Waals surface area contributed by atoms with Gasteiger partial charge in [-0.15, -0.1) is 0 Å². The molecule has 0 N–H and O–H groups in total. The fourth-order valence-electron chi connectivity index (χ4n) is 1.33. The Hall–Kier alpha value is -1.71. The minimum absolute atomic E-state index is 0.459. The maximum Gasteiger partial charge on any atom is 0.195 e. The molecule has 0 radical (unpaired) electrons. The Labute approximate surface area is 89.0 Å². The zero-order chi connectivity index (χ0) is 10.8. The van der Waals surface area contributed by atoms with Crippen LogP contribution >= 0.6 is 0 Å². The first-order valence-corrected chi connectivity index (χ1v) is 4.98. The second-order valence-electron chi connectivity index (χ2n) is 3.86. The molecule has 0 saturated heterocycles. The summed E-state index contributed by atoms with van der Waals surface area (Å²) in [5.41, 5.74) is 1.15. The molecule has 4 heteroatoms. The van der Waals surface area contributed by atoms with E-state index in [0.29, 0.717) is 11.7 Å². The molecule has 0 amide bonds. The summed E-state index contributed by atoms with van der Waals surface area (Å²) < 4.78 is 1.91. The van der Waals surface area contributed by atoms with E-state index in [9.17, 15) is 0 Å². The van der Waals surface area contributed by atoms with Gasteiger partial charge in [-0.25, -0.2) is 15.0 Å². The Balaban J connectivity index is 2.36. The lowest BCUT2D eigenvalue weighted by molar-refractivity contribution is 0.840. The van der Waals surface area contributed by atoms with Gasteiger partial charge in [0, 0.05) is 31.8 Å². The largest absolute Gasteiger partial charge is 0.331 e. The molecule has 0 aliphatic heterocycles. The number of imidazole rings is 1. The van der Waals surface area contributed by atoms with Crippen LogP contribution in [0, 0.1) is 0 Å².